The van der Waals surface area contributed by atoms with Crippen molar-refractivity contribution in [1.82, 2.24) is 19.4 Å². The number of benzene rings is 1. The predicted molar refractivity (Wildman–Crippen MR) is 81.5 cm³/mol. The molecule has 0 aliphatic heterocycles. The number of hydrogen-bond acceptors (Lipinski definition) is 2. The molecule has 0 saturated carbocycles. The van der Waals surface area contributed by atoms with Crippen molar-refractivity contribution in [2.75, 3.05) is 7.05 Å². The summed E-state index contributed by atoms with van der Waals surface area (Å²) in [6.45, 7) is 2.96. The van der Waals surface area contributed by atoms with E-state index < -0.39 is 0 Å². The summed E-state index contributed by atoms with van der Waals surface area (Å²) in [5.41, 5.74) is 2.68. The third-order valence-electron chi connectivity index (χ3n) is 3.65. The molecule has 1 N–H and O–H groups in total. The first-order chi connectivity index (χ1) is 9.88. The second kappa shape index (κ2) is 5.92. The zero-order valence-electron chi connectivity index (χ0n) is 11.8. The Morgan fingerprint density at radius 2 is 2.10 bits per heavy atom. The first kappa shape index (κ1) is 12.9. The lowest BCUT2D eigenvalue weighted by Gasteiger charge is -2.07. The summed E-state index contributed by atoms with van der Waals surface area (Å²) < 4.78 is 4.46. The first-order valence-corrected chi connectivity index (χ1v) is 7.05. The molecule has 0 unspecified atom stereocenters. The van der Waals surface area contributed by atoms with Crippen LogP contribution in [-0.4, -0.2) is 21.2 Å². The molecule has 104 valence electrons. The zero-order chi connectivity index (χ0) is 13.8. The smallest absolute Gasteiger partial charge is 0.0945 e. The van der Waals surface area contributed by atoms with Crippen molar-refractivity contribution in [3.8, 4) is 0 Å². The van der Waals surface area contributed by atoms with Gasteiger partial charge in [0, 0.05) is 49.1 Å². The van der Waals surface area contributed by atoms with Gasteiger partial charge in [-0.15, -0.1) is 0 Å². The van der Waals surface area contributed by atoms with E-state index in [9.17, 15) is 0 Å². The first-order valence-electron chi connectivity index (χ1n) is 7.05. The van der Waals surface area contributed by atoms with Crippen LogP contribution in [-0.2, 0) is 19.6 Å². The number of nitrogens with zero attached hydrogens (tertiary/aromatic N) is 3. The number of rotatable bonds is 6. The summed E-state index contributed by atoms with van der Waals surface area (Å²) in [4.78, 5) is 4.07. The molecule has 0 saturated heterocycles. The van der Waals surface area contributed by atoms with Crippen LogP contribution in [0.3, 0.4) is 0 Å². The van der Waals surface area contributed by atoms with E-state index in [1.165, 1.54) is 16.5 Å². The van der Waals surface area contributed by atoms with E-state index in [0.29, 0.717) is 0 Å². The SMILES string of the molecule is CNCc1cccc2c1ccn2CCCn1ccnc1. The number of fused-ring (bicyclic) bond motifs is 1. The molecule has 4 nitrogen and oxygen atoms in total. The molecule has 3 rings (SSSR count). The van der Waals surface area contributed by atoms with E-state index in [-0.39, 0.29) is 0 Å². The molecule has 0 atom stereocenters. The average molecular weight is 268 g/mol. The fraction of sp³-hybridized carbons (Fsp3) is 0.312. The second-order valence-electron chi connectivity index (χ2n) is 5.04. The van der Waals surface area contributed by atoms with Gasteiger partial charge in [-0.05, 0) is 31.2 Å². The van der Waals surface area contributed by atoms with Crippen molar-refractivity contribution in [2.24, 2.45) is 0 Å². The van der Waals surface area contributed by atoms with Gasteiger partial charge in [-0.25, -0.2) is 4.98 Å². The highest BCUT2D eigenvalue weighted by Gasteiger charge is 2.04. The van der Waals surface area contributed by atoms with Crippen molar-refractivity contribution >= 4 is 10.9 Å². The van der Waals surface area contributed by atoms with Gasteiger partial charge in [-0.3, -0.25) is 0 Å². The van der Waals surface area contributed by atoms with Crippen LogP contribution < -0.4 is 5.32 Å². The van der Waals surface area contributed by atoms with Gasteiger partial charge in [-0.2, -0.15) is 0 Å². The summed E-state index contributed by atoms with van der Waals surface area (Å²) in [5.74, 6) is 0. The van der Waals surface area contributed by atoms with Crippen LogP contribution >= 0.6 is 0 Å². The fourth-order valence-electron chi connectivity index (χ4n) is 2.67. The van der Waals surface area contributed by atoms with Crippen molar-refractivity contribution in [3.05, 3.63) is 54.7 Å². The second-order valence-corrected chi connectivity index (χ2v) is 5.04. The van der Waals surface area contributed by atoms with Crippen molar-refractivity contribution in [3.63, 3.8) is 0 Å². The monoisotopic (exact) mass is 268 g/mol. The van der Waals surface area contributed by atoms with Crippen molar-refractivity contribution < 1.29 is 0 Å². The zero-order valence-corrected chi connectivity index (χ0v) is 11.8. The molecular formula is C16H20N4. The summed E-state index contributed by atoms with van der Waals surface area (Å²) in [6, 6.07) is 8.75. The molecule has 0 aliphatic carbocycles. The van der Waals surface area contributed by atoms with Gasteiger partial charge in [0.25, 0.3) is 0 Å². The molecule has 0 radical (unpaired) electrons. The Balaban J connectivity index is 1.73. The summed E-state index contributed by atoms with van der Waals surface area (Å²) in [6.07, 6.45) is 9.01. The minimum absolute atomic E-state index is 0.913. The lowest BCUT2D eigenvalue weighted by molar-refractivity contribution is 0.573. The average Bonchev–Trinajstić information content (AvgIpc) is 3.10. The van der Waals surface area contributed by atoms with Crippen LogP contribution in [0.15, 0.2) is 49.2 Å². The molecule has 4 heteroatoms. The highest BCUT2D eigenvalue weighted by atomic mass is 15.0. The standard InChI is InChI=1S/C16H20N4/c1-17-12-14-4-2-5-16-15(14)6-10-20(16)9-3-8-19-11-7-18-13-19/h2,4-7,10-11,13,17H,3,8-9,12H2,1H3. The molecule has 2 aromatic heterocycles. The van der Waals surface area contributed by atoms with Crippen LogP contribution in [0.4, 0.5) is 0 Å². The van der Waals surface area contributed by atoms with E-state index in [1.54, 1.807) is 0 Å². The highest BCUT2D eigenvalue weighted by Crippen LogP contribution is 2.20. The maximum absolute atomic E-state index is 4.07. The molecule has 1 aromatic carbocycles. The van der Waals surface area contributed by atoms with Gasteiger partial charge in [0.15, 0.2) is 0 Å². The van der Waals surface area contributed by atoms with Crippen LogP contribution in [0, 0.1) is 0 Å². The van der Waals surface area contributed by atoms with E-state index in [4.69, 9.17) is 0 Å². The van der Waals surface area contributed by atoms with Gasteiger partial charge in [-0.1, -0.05) is 12.1 Å². The number of hydrogen-bond donors (Lipinski definition) is 1. The molecular weight excluding hydrogens is 248 g/mol. The summed E-state index contributed by atoms with van der Waals surface area (Å²) in [5, 5.41) is 4.58. The minimum Gasteiger partial charge on any atom is -0.347 e. The lowest BCUT2D eigenvalue weighted by atomic mass is 10.1. The van der Waals surface area contributed by atoms with Gasteiger partial charge >= 0.3 is 0 Å². The Labute approximate surface area is 119 Å². The normalized spacial score (nSPS) is 11.2. The number of aromatic nitrogens is 3. The Morgan fingerprint density at radius 1 is 1.15 bits per heavy atom. The van der Waals surface area contributed by atoms with Crippen molar-refractivity contribution in [1.29, 1.82) is 0 Å². The Morgan fingerprint density at radius 3 is 2.90 bits per heavy atom. The van der Waals surface area contributed by atoms with Gasteiger partial charge in [0.1, 0.15) is 0 Å². The predicted octanol–water partition coefficient (Wildman–Crippen LogP) is 2.65. The van der Waals surface area contributed by atoms with Crippen molar-refractivity contribution in [2.45, 2.75) is 26.1 Å². The molecule has 3 aromatic rings. The summed E-state index contributed by atoms with van der Waals surface area (Å²) >= 11 is 0. The lowest BCUT2D eigenvalue weighted by Crippen LogP contribution is -2.05. The minimum atomic E-state index is 0.913. The molecule has 0 amide bonds. The third-order valence-corrected chi connectivity index (χ3v) is 3.65. The van der Waals surface area contributed by atoms with E-state index in [2.05, 4.69) is 49.9 Å². The topological polar surface area (TPSA) is 34.8 Å². The van der Waals surface area contributed by atoms with E-state index >= 15 is 0 Å². The molecule has 0 aliphatic rings. The molecule has 0 bridgehead atoms. The quantitative estimate of drug-likeness (QED) is 0.746. The number of aryl methyl sites for hydroxylation is 2. The number of imidazole rings is 1. The Hall–Kier alpha value is -2.07. The van der Waals surface area contributed by atoms with Crippen LogP contribution in [0.25, 0.3) is 10.9 Å². The van der Waals surface area contributed by atoms with E-state index in [1.807, 2.05) is 25.8 Å². The molecule has 0 fully saturated rings. The highest BCUT2D eigenvalue weighted by molar-refractivity contribution is 5.83. The molecule has 20 heavy (non-hydrogen) atoms. The van der Waals surface area contributed by atoms with Crippen LogP contribution in [0.5, 0.6) is 0 Å². The van der Waals surface area contributed by atoms with Crippen LogP contribution in [0.1, 0.15) is 12.0 Å². The van der Waals surface area contributed by atoms with E-state index in [0.717, 1.165) is 26.1 Å². The summed E-state index contributed by atoms with van der Waals surface area (Å²) in [7, 11) is 1.99. The maximum atomic E-state index is 4.07. The molecule has 0 spiro atoms. The Kier molecular flexibility index (Phi) is 3.83. The molecule has 2 heterocycles. The largest absolute Gasteiger partial charge is 0.347 e. The van der Waals surface area contributed by atoms with Crippen LogP contribution in [0.2, 0.25) is 0 Å². The maximum Gasteiger partial charge on any atom is 0.0945 e. The van der Waals surface area contributed by atoms with Gasteiger partial charge < -0.3 is 14.5 Å². The third kappa shape index (κ3) is 2.60. The Bertz CT molecular complexity index is 667. The fourth-order valence-corrected chi connectivity index (χ4v) is 2.67. The number of nitrogens with one attached hydrogen (secondary N) is 1. The van der Waals surface area contributed by atoms with Gasteiger partial charge in [0.05, 0.1) is 6.33 Å². The van der Waals surface area contributed by atoms with Gasteiger partial charge in [0.2, 0.25) is 0 Å².